The second-order valence-corrected chi connectivity index (χ2v) is 12.2. The first-order valence-electron chi connectivity index (χ1n) is 14.7. The maximum absolute atomic E-state index is 13.8. The van der Waals surface area contributed by atoms with Gasteiger partial charge in [0.2, 0.25) is 12.7 Å². The van der Waals surface area contributed by atoms with E-state index in [2.05, 4.69) is 28.1 Å². The number of hydrogen-bond acceptors (Lipinski definition) is 7. The zero-order valence-electron chi connectivity index (χ0n) is 25.1. The molecule has 1 saturated heterocycles. The van der Waals surface area contributed by atoms with Gasteiger partial charge in [0.15, 0.2) is 11.5 Å². The smallest absolute Gasteiger partial charge is 0.236 e. The molecule has 2 aromatic carbocycles. The Labute approximate surface area is 244 Å². The van der Waals surface area contributed by atoms with Crippen molar-refractivity contribution >= 4 is 11.9 Å². The van der Waals surface area contributed by atoms with Crippen LogP contribution in [0.25, 0.3) is 0 Å². The van der Waals surface area contributed by atoms with E-state index in [9.17, 15) is 14.7 Å². The van der Waals surface area contributed by atoms with Gasteiger partial charge in [0.1, 0.15) is 5.75 Å². The number of benzene rings is 2. The SMILES string of the molecule is CCCCN(CCCC[N+](C)(C)C)C(=O)CN1C[C@H](c2ccc3c(c2)OCO3)[C@@H](C(=O)[O-])[C@@H]1c1ccc(OC)cc1. The number of rotatable bonds is 14. The Morgan fingerprint density at radius 3 is 2.34 bits per heavy atom. The highest BCUT2D eigenvalue weighted by Gasteiger charge is 2.45. The molecule has 0 N–H and O–H groups in total. The molecule has 0 bridgehead atoms. The molecule has 2 heterocycles. The number of unbranched alkanes of at least 4 members (excludes halogenated alkanes) is 2. The van der Waals surface area contributed by atoms with Crippen LogP contribution in [0.3, 0.4) is 0 Å². The van der Waals surface area contributed by atoms with Gasteiger partial charge in [0.05, 0.1) is 41.3 Å². The molecule has 2 aliphatic heterocycles. The summed E-state index contributed by atoms with van der Waals surface area (Å²) in [5.41, 5.74) is 1.65. The average Bonchev–Trinajstić information content (AvgIpc) is 3.56. The third-order valence-electron chi connectivity index (χ3n) is 8.13. The molecule has 0 radical (unpaired) electrons. The van der Waals surface area contributed by atoms with E-state index in [0.717, 1.165) is 47.8 Å². The standard InChI is InChI=1S/C32H45N3O6/c1-6-7-16-33(17-8-9-18-35(2,3)4)29(36)21-34-20-26(24-12-15-27-28(19-24)41-22-40-27)30(32(37)38)31(34)23-10-13-25(39-5)14-11-23/h10-15,19,26,30-31H,6-9,16-18,20-22H2,1-5H3/t26-,30-,31+/m1/s1. The second-order valence-electron chi connectivity index (χ2n) is 12.2. The van der Waals surface area contributed by atoms with Crippen LogP contribution in [-0.4, -0.2) is 93.9 Å². The van der Waals surface area contributed by atoms with Gasteiger partial charge in [0.25, 0.3) is 0 Å². The van der Waals surface area contributed by atoms with Gasteiger partial charge < -0.3 is 33.5 Å². The van der Waals surface area contributed by atoms with Crippen LogP contribution < -0.4 is 19.3 Å². The predicted octanol–water partition coefficient (Wildman–Crippen LogP) is 3.05. The van der Waals surface area contributed by atoms with Gasteiger partial charge >= 0.3 is 0 Å². The summed E-state index contributed by atoms with van der Waals surface area (Å²) in [6, 6.07) is 12.5. The molecule has 41 heavy (non-hydrogen) atoms. The Balaban J connectivity index is 1.60. The van der Waals surface area contributed by atoms with E-state index in [-0.39, 0.29) is 25.2 Å². The molecular weight excluding hydrogens is 522 g/mol. The minimum atomic E-state index is -1.13. The lowest BCUT2D eigenvalue weighted by atomic mass is 9.82. The molecule has 9 heteroatoms. The summed E-state index contributed by atoms with van der Waals surface area (Å²) in [6.07, 6.45) is 3.91. The molecule has 0 spiro atoms. The van der Waals surface area contributed by atoms with Crippen LogP contribution in [0.4, 0.5) is 0 Å². The lowest BCUT2D eigenvalue weighted by Crippen LogP contribution is -2.43. The number of nitrogens with zero attached hydrogens (tertiary/aromatic N) is 3. The highest BCUT2D eigenvalue weighted by molar-refractivity contribution is 5.79. The highest BCUT2D eigenvalue weighted by atomic mass is 16.7. The molecule has 224 valence electrons. The first kappa shape index (κ1) is 30.7. The molecule has 1 fully saturated rings. The van der Waals surface area contributed by atoms with Crippen molar-refractivity contribution in [2.45, 2.75) is 44.6 Å². The van der Waals surface area contributed by atoms with Gasteiger partial charge in [-0.15, -0.1) is 0 Å². The van der Waals surface area contributed by atoms with Gasteiger partial charge in [0, 0.05) is 43.5 Å². The Morgan fingerprint density at radius 2 is 1.68 bits per heavy atom. The second kappa shape index (κ2) is 13.6. The number of quaternary nitrogens is 1. The summed E-state index contributed by atoms with van der Waals surface area (Å²) in [5, 5.41) is 12.8. The highest BCUT2D eigenvalue weighted by Crippen LogP contribution is 2.47. The molecule has 9 nitrogen and oxygen atoms in total. The van der Waals surface area contributed by atoms with E-state index in [4.69, 9.17) is 14.2 Å². The van der Waals surface area contributed by atoms with Crippen molar-refractivity contribution in [3.8, 4) is 17.2 Å². The number of amides is 1. The molecule has 0 unspecified atom stereocenters. The van der Waals surface area contributed by atoms with Gasteiger partial charge in [-0.05, 0) is 54.7 Å². The number of carboxylic acid groups (broad SMARTS) is 1. The topological polar surface area (TPSA) is 91.4 Å². The van der Waals surface area contributed by atoms with Crippen LogP contribution in [0.5, 0.6) is 17.2 Å². The summed E-state index contributed by atoms with van der Waals surface area (Å²) in [7, 11) is 8.13. The van der Waals surface area contributed by atoms with E-state index in [1.165, 1.54) is 0 Å². The Bertz CT molecular complexity index is 1180. The van der Waals surface area contributed by atoms with Crippen LogP contribution in [0, 0.1) is 5.92 Å². The van der Waals surface area contributed by atoms with Gasteiger partial charge in [-0.25, -0.2) is 0 Å². The van der Waals surface area contributed by atoms with Crippen molar-refractivity contribution in [3.63, 3.8) is 0 Å². The zero-order valence-corrected chi connectivity index (χ0v) is 25.1. The largest absolute Gasteiger partial charge is 0.550 e. The molecule has 1 amide bonds. The quantitative estimate of drug-likeness (QED) is 0.256. The summed E-state index contributed by atoms with van der Waals surface area (Å²) in [6.45, 7) is 5.27. The molecule has 3 atom stereocenters. The minimum absolute atomic E-state index is 0.0330. The van der Waals surface area contributed by atoms with Crippen molar-refractivity contribution in [1.82, 2.24) is 9.80 Å². The van der Waals surface area contributed by atoms with Crippen molar-refractivity contribution in [3.05, 3.63) is 53.6 Å². The zero-order chi connectivity index (χ0) is 29.6. The average molecular weight is 568 g/mol. The third-order valence-corrected chi connectivity index (χ3v) is 8.13. The Kier molecular flexibility index (Phi) is 10.1. The number of fused-ring (bicyclic) bond motifs is 1. The molecule has 0 aliphatic carbocycles. The monoisotopic (exact) mass is 567 g/mol. The first-order valence-corrected chi connectivity index (χ1v) is 14.7. The normalized spacial score (nSPS) is 20.3. The van der Waals surface area contributed by atoms with Gasteiger partial charge in [-0.2, -0.15) is 0 Å². The fourth-order valence-corrected chi connectivity index (χ4v) is 5.93. The lowest BCUT2D eigenvalue weighted by molar-refractivity contribution is -0.870. The van der Waals surface area contributed by atoms with Gasteiger partial charge in [-0.1, -0.05) is 31.5 Å². The van der Waals surface area contributed by atoms with Crippen molar-refractivity contribution < 1.29 is 33.4 Å². The number of ether oxygens (including phenoxy) is 3. The number of carbonyl (C=O) groups is 2. The van der Waals surface area contributed by atoms with Crippen LogP contribution in [0.15, 0.2) is 42.5 Å². The predicted molar refractivity (Wildman–Crippen MR) is 155 cm³/mol. The van der Waals surface area contributed by atoms with Crippen LogP contribution in [-0.2, 0) is 9.59 Å². The Hall–Kier alpha value is -3.30. The molecule has 2 aliphatic rings. The number of aliphatic carboxylic acids is 1. The molecule has 0 saturated carbocycles. The van der Waals surface area contributed by atoms with E-state index in [1.807, 2.05) is 52.3 Å². The van der Waals surface area contributed by atoms with Crippen LogP contribution in [0.2, 0.25) is 0 Å². The fourth-order valence-electron chi connectivity index (χ4n) is 5.93. The van der Waals surface area contributed by atoms with E-state index in [0.29, 0.717) is 36.9 Å². The molecule has 4 rings (SSSR count). The number of hydrogen-bond donors (Lipinski definition) is 0. The maximum Gasteiger partial charge on any atom is 0.236 e. The maximum atomic E-state index is 13.8. The number of carboxylic acids is 1. The van der Waals surface area contributed by atoms with Crippen LogP contribution >= 0.6 is 0 Å². The molecule has 0 aromatic heterocycles. The van der Waals surface area contributed by atoms with Crippen molar-refractivity contribution in [2.24, 2.45) is 5.92 Å². The molecule has 2 aromatic rings. The fraction of sp³-hybridized carbons (Fsp3) is 0.562. The number of likely N-dealkylation sites (tertiary alicyclic amines) is 1. The minimum Gasteiger partial charge on any atom is -0.550 e. The van der Waals surface area contributed by atoms with Crippen molar-refractivity contribution in [2.75, 3.05) is 67.8 Å². The summed E-state index contributed by atoms with van der Waals surface area (Å²) < 4.78 is 17.3. The third kappa shape index (κ3) is 7.71. The van der Waals surface area contributed by atoms with Crippen LogP contribution in [0.1, 0.15) is 55.7 Å². The summed E-state index contributed by atoms with van der Waals surface area (Å²) in [5.74, 6) is -0.404. The summed E-state index contributed by atoms with van der Waals surface area (Å²) >= 11 is 0. The van der Waals surface area contributed by atoms with E-state index in [1.54, 1.807) is 7.11 Å². The van der Waals surface area contributed by atoms with E-state index >= 15 is 0 Å². The van der Waals surface area contributed by atoms with Crippen molar-refractivity contribution in [1.29, 1.82) is 0 Å². The lowest BCUT2D eigenvalue weighted by Gasteiger charge is -2.32. The number of carbonyl (C=O) groups excluding carboxylic acids is 2. The Morgan fingerprint density at radius 1 is 1.00 bits per heavy atom. The molecular formula is C32H45N3O6. The van der Waals surface area contributed by atoms with Gasteiger partial charge in [-0.3, -0.25) is 9.69 Å². The number of methoxy groups -OCH3 is 1. The van der Waals surface area contributed by atoms with E-state index < -0.39 is 17.9 Å². The first-order chi connectivity index (χ1) is 19.6. The summed E-state index contributed by atoms with van der Waals surface area (Å²) in [4.78, 5) is 30.6.